The number of likely N-dealkylation sites (N-methyl/N-ethyl adjacent to an activating group) is 1. The summed E-state index contributed by atoms with van der Waals surface area (Å²) in [6.07, 6.45) is 4.77. The third kappa shape index (κ3) is 2.69. The molecule has 4 nitrogen and oxygen atoms in total. The van der Waals surface area contributed by atoms with E-state index in [1.807, 2.05) is 26.8 Å². The van der Waals surface area contributed by atoms with Crippen molar-refractivity contribution in [3.05, 3.63) is 23.2 Å². The average molecular weight is 304 g/mol. The summed E-state index contributed by atoms with van der Waals surface area (Å²) in [5.41, 5.74) is 1.05. The van der Waals surface area contributed by atoms with E-state index >= 15 is 0 Å². The number of nitrogens with zero attached hydrogens (tertiary/aromatic N) is 2. The predicted molar refractivity (Wildman–Crippen MR) is 87.0 cm³/mol. The second kappa shape index (κ2) is 6.07. The van der Waals surface area contributed by atoms with Crippen LogP contribution >= 0.6 is 0 Å². The van der Waals surface area contributed by atoms with Crippen molar-refractivity contribution in [3.8, 4) is 0 Å². The van der Waals surface area contributed by atoms with Crippen LogP contribution in [0.1, 0.15) is 55.6 Å². The number of rotatable bonds is 3. The van der Waals surface area contributed by atoms with Crippen molar-refractivity contribution in [1.29, 1.82) is 0 Å². The monoisotopic (exact) mass is 304 g/mol. The van der Waals surface area contributed by atoms with Crippen molar-refractivity contribution in [2.75, 3.05) is 20.1 Å². The van der Waals surface area contributed by atoms with E-state index in [1.165, 1.54) is 19.4 Å². The number of furan rings is 1. The minimum absolute atomic E-state index is 0.107. The summed E-state index contributed by atoms with van der Waals surface area (Å²) < 4.78 is 5.61. The van der Waals surface area contributed by atoms with Crippen LogP contribution in [-0.4, -0.2) is 47.9 Å². The van der Waals surface area contributed by atoms with Gasteiger partial charge in [-0.2, -0.15) is 0 Å². The average Bonchev–Trinajstić information content (AvgIpc) is 3.17. The largest absolute Gasteiger partial charge is 0.466 e. The van der Waals surface area contributed by atoms with Crippen LogP contribution in [0.2, 0.25) is 0 Å². The molecule has 1 amide bonds. The van der Waals surface area contributed by atoms with Crippen molar-refractivity contribution >= 4 is 5.91 Å². The number of carbonyl (C=O) groups is 1. The summed E-state index contributed by atoms with van der Waals surface area (Å²) in [5, 5.41) is 0. The van der Waals surface area contributed by atoms with Gasteiger partial charge in [-0.05, 0) is 66.1 Å². The maximum Gasteiger partial charge on any atom is 0.230 e. The zero-order chi connectivity index (χ0) is 15.9. The minimum Gasteiger partial charge on any atom is -0.466 e. The summed E-state index contributed by atoms with van der Waals surface area (Å²) in [7, 11) is 2.20. The van der Waals surface area contributed by atoms with Gasteiger partial charge in [0.05, 0.1) is 5.92 Å². The van der Waals surface area contributed by atoms with Crippen molar-refractivity contribution in [1.82, 2.24) is 9.80 Å². The van der Waals surface area contributed by atoms with Crippen molar-refractivity contribution in [3.63, 3.8) is 0 Å². The van der Waals surface area contributed by atoms with Crippen LogP contribution in [0, 0.1) is 13.8 Å². The molecule has 0 bridgehead atoms. The van der Waals surface area contributed by atoms with E-state index in [0.717, 1.165) is 36.5 Å². The van der Waals surface area contributed by atoms with E-state index in [9.17, 15) is 4.79 Å². The molecule has 0 unspecified atom stereocenters. The topological polar surface area (TPSA) is 36.7 Å². The molecule has 22 heavy (non-hydrogen) atoms. The molecule has 0 radical (unpaired) electrons. The molecule has 3 atom stereocenters. The molecule has 3 rings (SSSR count). The van der Waals surface area contributed by atoms with Gasteiger partial charge in [-0.25, -0.2) is 0 Å². The van der Waals surface area contributed by atoms with Gasteiger partial charge in [0.25, 0.3) is 0 Å². The molecule has 0 saturated carbocycles. The fourth-order valence-corrected chi connectivity index (χ4v) is 4.35. The van der Waals surface area contributed by atoms with Gasteiger partial charge in [0.1, 0.15) is 11.5 Å². The van der Waals surface area contributed by atoms with Crippen LogP contribution in [0.4, 0.5) is 0 Å². The summed E-state index contributed by atoms with van der Waals surface area (Å²) in [6.45, 7) is 8.00. The number of aryl methyl sites for hydroxylation is 2. The van der Waals surface area contributed by atoms with E-state index in [1.54, 1.807) is 0 Å². The molecule has 4 heteroatoms. The first-order chi connectivity index (χ1) is 10.5. The Balaban J connectivity index is 1.77. The third-order valence-corrected chi connectivity index (χ3v) is 5.52. The van der Waals surface area contributed by atoms with Crippen LogP contribution in [-0.2, 0) is 4.79 Å². The smallest absolute Gasteiger partial charge is 0.230 e. The molecular formula is C18H28N2O2. The van der Waals surface area contributed by atoms with Gasteiger partial charge in [0.15, 0.2) is 0 Å². The number of carbonyl (C=O) groups excluding carboxylic acids is 1. The first-order valence-corrected chi connectivity index (χ1v) is 8.56. The molecule has 0 N–H and O–H groups in total. The summed E-state index contributed by atoms with van der Waals surface area (Å²) in [5.74, 6) is 1.93. The highest BCUT2D eigenvalue weighted by molar-refractivity contribution is 5.84. The SMILES string of the molecule is Cc1cc([C@H](C)C(=O)N2CCC[C@@H]2[C@H]2CCCN2C)c(C)o1. The Morgan fingerprint density at radius 2 is 1.91 bits per heavy atom. The Bertz CT molecular complexity index is 551. The highest BCUT2D eigenvalue weighted by atomic mass is 16.3. The summed E-state index contributed by atoms with van der Waals surface area (Å²) >= 11 is 0. The van der Waals surface area contributed by atoms with E-state index in [4.69, 9.17) is 4.42 Å². The molecule has 2 saturated heterocycles. The lowest BCUT2D eigenvalue weighted by Gasteiger charge is -2.34. The van der Waals surface area contributed by atoms with Crippen LogP contribution < -0.4 is 0 Å². The Labute approximate surface area is 133 Å². The lowest BCUT2D eigenvalue weighted by Crippen LogP contribution is -2.48. The summed E-state index contributed by atoms with van der Waals surface area (Å²) in [6, 6.07) is 2.96. The number of amides is 1. The van der Waals surface area contributed by atoms with Gasteiger partial charge in [-0.15, -0.1) is 0 Å². The Morgan fingerprint density at radius 3 is 2.50 bits per heavy atom. The zero-order valence-electron chi connectivity index (χ0n) is 14.3. The Hall–Kier alpha value is -1.29. The van der Waals surface area contributed by atoms with Crippen molar-refractivity contribution < 1.29 is 9.21 Å². The molecule has 2 aliphatic heterocycles. The minimum atomic E-state index is -0.107. The van der Waals surface area contributed by atoms with Crippen molar-refractivity contribution in [2.24, 2.45) is 0 Å². The number of hydrogen-bond acceptors (Lipinski definition) is 3. The molecular weight excluding hydrogens is 276 g/mol. The molecule has 1 aromatic heterocycles. The molecule has 0 aromatic carbocycles. The van der Waals surface area contributed by atoms with E-state index in [2.05, 4.69) is 16.8 Å². The fourth-order valence-electron chi connectivity index (χ4n) is 4.35. The molecule has 0 spiro atoms. The standard InChI is InChI=1S/C18H28N2O2/c1-12-11-15(14(3)22-12)13(2)18(21)20-10-6-8-17(20)16-7-5-9-19(16)4/h11,13,16-17H,5-10H2,1-4H3/t13-,16+,17+/m0/s1. The zero-order valence-corrected chi connectivity index (χ0v) is 14.3. The normalized spacial score (nSPS) is 27.5. The second-order valence-corrected chi connectivity index (χ2v) is 7.02. The van der Waals surface area contributed by atoms with Crippen LogP contribution in [0.5, 0.6) is 0 Å². The maximum absolute atomic E-state index is 13.0. The predicted octanol–water partition coefficient (Wildman–Crippen LogP) is 3.09. The third-order valence-electron chi connectivity index (χ3n) is 5.52. The first-order valence-electron chi connectivity index (χ1n) is 8.56. The second-order valence-electron chi connectivity index (χ2n) is 7.02. The van der Waals surface area contributed by atoms with Gasteiger partial charge in [0.2, 0.25) is 5.91 Å². The van der Waals surface area contributed by atoms with Gasteiger partial charge >= 0.3 is 0 Å². The first kappa shape index (κ1) is 15.6. The lowest BCUT2D eigenvalue weighted by atomic mass is 9.97. The van der Waals surface area contributed by atoms with Gasteiger partial charge in [0, 0.05) is 24.2 Å². The fraction of sp³-hybridized carbons (Fsp3) is 0.722. The number of hydrogen-bond donors (Lipinski definition) is 0. The molecule has 2 aliphatic rings. The van der Waals surface area contributed by atoms with E-state index in [-0.39, 0.29) is 11.8 Å². The number of likely N-dealkylation sites (tertiary alicyclic amines) is 2. The molecule has 0 aliphatic carbocycles. The quantitative estimate of drug-likeness (QED) is 0.861. The van der Waals surface area contributed by atoms with Crippen LogP contribution in [0.3, 0.4) is 0 Å². The van der Waals surface area contributed by atoms with Crippen LogP contribution in [0.25, 0.3) is 0 Å². The molecule has 122 valence electrons. The molecule has 3 heterocycles. The Kier molecular flexibility index (Phi) is 4.31. The Morgan fingerprint density at radius 1 is 1.23 bits per heavy atom. The van der Waals surface area contributed by atoms with Crippen LogP contribution in [0.15, 0.2) is 10.5 Å². The van der Waals surface area contributed by atoms with Gasteiger partial charge < -0.3 is 14.2 Å². The maximum atomic E-state index is 13.0. The summed E-state index contributed by atoms with van der Waals surface area (Å²) in [4.78, 5) is 17.6. The van der Waals surface area contributed by atoms with Gasteiger partial charge in [-0.3, -0.25) is 4.79 Å². The highest BCUT2D eigenvalue weighted by Gasteiger charge is 2.40. The van der Waals surface area contributed by atoms with E-state index in [0.29, 0.717) is 12.1 Å². The lowest BCUT2D eigenvalue weighted by molar-refractivity contribution is -0.134. The van der Waals surface area contributed by atoms with E-state index < -0.39 is 0 Å². The molecule has 1 aromatic rings. The van der Waals surface area contributed by atoms with Crippen molar-refractivity contribution in [2.45, 2.75) is 64.5 Å². The highest BCUT2D eigenvalue weighted by Crippen LogP contribution is 2.32. The molecule has 2 fully saturated rings. The van der Waals surface area contributed by atoms with Gasteiger partial charge in [-0.1, -0.05) is 0 Å².